The molecule has 0 aliphatic carbocycles. The molecule has 3 aromatic rings. The molecule has 0 spiro atoms. The van der Waals surface area contributed by atoms with E-state index in [0.717, 1.165) is 5.69 Å². The smallest absolute Gasteiger partial charge is 0.254 e. The number of amides is 1. The van der Waals surface area contributed by atoms with E-state index in [1.54, 1.807) is 18.4 Å². The Balaban J connectivity index is 1.39. The van der Waals surface area contributed by atoms with Crippen molar-refractivity contribution >= 4 is 17.5 Å². The van der Waals surface area contributed by atoms with Gasteiger partial charge in [0.05, 0.1) is 18.4 Å². The van der Waals surface area contributed by atoms with E-state index in [4.69, 9.17) is 13.9 Å². The quantitative estimate of drug-likeness (QED) is 0.728. The molecule has 1 aliphatic heterocycles. The van der Waals surface area contributed by atoms with E-state index in [2.05, 4.69) is 20.6 Å². The lowest BCUT2D eigenvalue weighted by atomic mass is 10.2. The second kappa shape index (κ2) is 7.14. The van der Waals surface area contributed by atoms with Crippen LogP contribution in [-0.4, -0.2) is 29.1 Å². The first-order valence-electron chi connectivity index (χ1n) is 8.07. The van der Waals surface area contributed by atoms with Gasteiger partial charge in [0.15, 0.2) is 11.5 Å². The minimum atomic E-state index is -0.271. The standard InChI is InChI=1S/C18H16N4O4/c23-17(19-11-14-2-1-5-24-14)12-9-20-18(21-10-12)22-13-3-4-15-16(8-13)26-7-6-25-15/h1-5,8-10H,6-7,11H2,(H,19,23)(H,20,21,22). The zero-order chi connectivity index (χ0) is 17.8. The van der Waals surface area contributed by atoms with Crippen molar-refractivity contribution in [1.29, 1.82) is 0 Å². The molecular formula is C18H16N4O4. The fourth-order valence-electron chi connectivity index (χ4n) is 2.44. The van der Waals surface area contributed by atoms with E-state index in [1.165, 1.54) is 12.4 Å². The molecule has 0 fully saturated rings. The molecule has 0 atom stereocenters. The molecule has 0 unspecified atom stereocenters. The average Bonchev–Trinajstić information content (AvgIpc) is 3.20. The summed E-state index contributed by atoms with van der Waals surface area (Å²) in [5, 5.41) is 5.81. The number of ether oxygens (including phenoxy) is 2. The Morgan fingerprint density at radius 3 is 2.65 bits per heavy atom. The van der Waals surface area contributed by atoms with Crippen LogP contribution >= 0.6 is 0 Å². The van der Waals surface area contributed by atoms with E-state index < -0.39 is 0 Å². The second-order valence-corrected chi connectivity index (χ2v) is 5.54. The summed E-state index contributed by atoms with van der Waals surface area (Å²) in [6, 6.07) is 9.05. The van der Waals surface area contributed by atoms with Gasteiger partial charge in [-0.1, -0.05) is 0 Å². The van der Waals surface area contributed by atoms with E-state index in [-0.39, 0.29) is 5.91 Å². The predicted molar refractivity (Wildman–Crippen MR) is 92.6 cm³/mol. The highest BCUT2D eigenvalue weighted by Gasteiger charge is 2.12. The first-order chi connectivity index (χ1) is 12.8. The molecule has 4 rings (SSSR count). The van der Waals surface area contributed by atoms with Crippen LogP contribution in [0.4, 0.5) is 11.6 Å². The third-order valence-electron chi connectivity index (χ3n) is 3.72. The Labute approximate surface area is 149 Å². The van der Waals surface area contributed by atoms with Crippen molar-refractivity contribution < 1.29 is 18.7 Å². The van der Waals surface area contributed by atoms with Gasteiger partial charge in [0, 0.05) is 24.1 Å². The van der Waals surface area contributed by atoms with Crippen LogP contribution in [0.5, 0.6) is 11.5 Å². The number of hydrogen-bond acceptors (Lipinski definition) is 7. The summed E-state index contributed by atoms with van der Waals surface area (Å²) in [5.41, 5.74) is 1.13. The Morgan fingerprint density at radius 1 is 1.08 bits per heavy atom. The third kappa shape index (κ3) is 3.59. The molecule has 0 radical (unpaired) electrons. The van der Waals surface area contributed by atoms with Gasteiger partial charge in [-0.15, -0.1) is 0 Å². The van der Waals surface area contributed by atoms with Gasteiger partial charge in [-0.05, 0) is 24.3 Å². The van der Waals surface area contributed by atoms with Crippen LogP contribution in [0.3, 0.4) is 0 Å². The molecule has 8 heteroatoms. The molecule has 3 heterocycles. The first-order valence-corrected chi connectivity index (χ1v) is 8.07. The monoisotopic (exact) mass is 352 g/mol. The van der Waals surface area contributed by atoms with Crippen molar-refractivity contribution in [1.82, 2.24) is 15.3 Å². The average molecular weight is 352 g/mol. The molecule has 2 aromatic heterocycles. The number of rotatable bonds is 5. The number of hydrogen-bond donors (Lipinski definition) is 2. The lowest BCUT2D eigenvalue weighted by Crippen LogP contribution is -2.23. The largest absolute Gasteiger partial charge is 0.486 e. The van der Waals surface area contributed by atoms with Gasteiger partial charge in [-0.2, -0.15) is 0 Å². The SMILES string of the molecule is O=C(NCc1ccco1)c1cnc(Nc2ccc3c(c2)OCCO3)nc1. The minimum Gasteiger partial charge on any atom is -0.486 e. The number of carbonyl (C=O) groups is 1. The van der Waals surface area contributed by atoms with Crippen molar-refractivity contribution in [3.8, 4) is 11.5 Å². The van der Waals surface area contributed by atoms with Gasteiger partial charge < -0.3 is 24.5 Å². The van der Waals surface area contributed by atoms with Crippen LogP contribution in [-0.2, 0) is 6.54 Å². The van der Waals surface area contributed by atoms with Gasteiger partial charge in [-0.3, -0.25) is 4.79 Å². The Morgan fingerprint density at radius 2 is 1.88 bits per heavy atom. The lowest BCUT2D eigenvalue weighted by molar-refractivity contribution is 0.0947. The van der Waals surface area contributed by atoms with Crippen molar-refractivity contribution in [3.63, 3.8) is 0 Å². The summed E-state index contributed by atoms with van der Waals surface area (Å²) in [5.74, 6) is 2.18. The summed E-state index contributed by atoms with van der Waals surface area (Å²) < 4.78 is 16.2. The van der Waals surface area contributed by atoms with Crippen LogP contribution < -0.4 is 20.1 Å². The number of carbonyl (C=O) groups excluding carboxylic acids is 1. The fourth-order valence-corrected chi connectivity index (χ4v) is 2.44. The van der Waals surface area contributed by atoms with Crippen LogP contribution in [0.25, 0.3) is 0 Å². The molecule has 26 heavy (non-hydrogen) atoms. The number of aromatic nitrogens is 2. The highest BCUT2D eigenvalue weighted by Crippen LogP contribution is 2.33. The highest BCUT2D eigenvalue weighted by atomic mass is 16.6. The molecule has 1 aromatic carbocycles. The minimum absolute atomic E-state index is 0.271. The predicted octanol–water partition coefficient (Wildman–Crippen LogP) is 2.51. The normalized spacial score (nSPS) is 12.5. The summed E-state index contributed by atoms with van der Waals surface area (Å²) >= 11 is 0. The topological polar surface area (TPSA) is 98.5 Å². The molecule has 8 nitrogen and oxygen atoms in total. The number of benzene rings is 1. The molecule has 132 valence electrons. The third-order valence-corrected chi connectivity index (χ3v) is 3.72. The van der Waals surface area contributed by atoms with E-state index in [9.17, 15) is 4.79 Å². The Bertz CT molecular complexity index is 894. The number of nitrogens with one attached hydrogen (secondary N) is 2. The van der Waals surface area contributed by atoms with Crippen LogP contribution in [0, 0.1) is 0 Å². The van der Waals surface area contributed by atoms with Gasteiger partial charge in [0.2, 0.25) is 5.95 Å². The lowest BCUT2D eigenvalue weighted by Gasteiger charge is -2.18. The number of fused-ring (bicyclic) bond motifs is 1. The van der Waals surface area contributed by atoms with Crippen LogP contribution in [0.1, 0.15) is 16.1 Å². The van der Waals surface area contributed by atoms with Gasteiger partial charge in [-0.25, -0.2) is 9.97 Å². The molecule has 1 aliphatic rings. The van der Waals surface area contributed by atoms with Gasteiger partial charge in [0.25, 0.3) is 5.91 Å². The molecular weight excluding hydrogens is 336 g/mol. The maximum absolute atomic E-state index is 12.1. The van der Waals surface area contributed by atoms with E-state index in [1.807, 2.05) is 18.2 Å². The molecule has 1 amide bonds. The van der Waals surface area contributed by atoms with E-state index >= 15 is 0 Å². The molecule has 0 saturated heterocycles. The second-order valence-electron chi connectivity index (χ2n) is 5.54. The Kier molecular flexibility index (Phi) is 4.38. The number of furan rings is 1. The summed E-state index contributed by atoms with van der Waals surface area (Å²) in [4.78, 5) is 20.4. The van der Waals surface area contributed by atoms with Crippen molar-refractivity contribution in [2.75, 3.05) is 18.5 Å². The highest BCUT2D eigenvalue weighted by molar-refractivity contribution is 5.93. The van der Waals surface area contributed by atoms with E-state index in [0.29, 0.717) is 48.5 Å². The summed E-state index contributed by atoms with van der Waals surface area (Å²) in [6.45, 7) is 1.38. The van der Waals surface area contributed by atoms with Crippen molar-refractivity contribution in [3.05, 3.63) is 60.3 Å². The zero-order valence-electron chi connectivity index (χ0n) is 13.8. The Hall–Kier alpha value is -3.55. The zero-order valence-corrected chi connectivity index (χ0v) is 13.8. The van der Waals surface area contributed by atoms with Crippen LogP contribution in [0.2, 0.25) is 0 Å². The van der Waals surface area contributed by atoms with Crippen molar-refractivity contribution in [2.45, 2.75) is 6.54 Å². The van der Waals surface area contributed by atoms with Crippen molar-refractivity contribution in [2.24, 2.45) is 0 Å². The number of anilines is 2. The summed E-state index contributed by atoms with van der Waals surface area (Å²) in [6.07, 6.45) is 4.48. The first kappa shape index (κ1) is 15.9. The maximum Gasteiger partial charge on any atom is 0.254 e. The molecule has 0 saturated carbocycles. The number of nitrogens with zero attached hydrogens (tertiary/aromatic N) is 2. The molecule has 2 N–H and O–H groups in total. The molecule has 0 bridgehead atoms. The van der Waals surface area contributed by atoms with Gasteiger partial charge >= 0.3 is 0 Å². The summed E-state index contributed by atoms with van der Waals surface area (Å²) in [7, 11) is 0. The van der Waals surface area contributed by atoms with Crippen LogP contribution in [0.15, 0.2) is 53.4 Å². The maximum atomic E-state index is 12.1. The van der Waals surface area contributed by atoms with Gasteiger partial charge in [0.1, 0.15) is 19.0 Å². The fraction of sp³-hybridized carbons (Fsp3) is 0.167.